The van der Waals surface area contributed by atoms with Crippen LogP contribution in [0.25, 0.3) is 22.1 Å². The van der Waals surface area contributed by atoms with E-state index in [0.717, 1.165) is 0 Å². The van der Waals surface area contributed by atoms with Crippen LogP contribution in [0.3, 0.4) is 0 Å². The zero-order valence-electron chi connectivity index (χ0n) is 11.2. The highest BCUT2D eigenvalue weighted by molar-refractivity contribution is 6.17. The highest BCUT2D eigenvalue weighted by Crippen LogP contribution is 2.32. The smallest absolute Gasteiger partial charge is 0.290 e. The molecule has 0 bridgehead atoms. The Morgan fingerprint density at radius 1 is 1.00 bits per heavy atom. The third kappa shape index (κ3) is 2.30. The molecule has 0 N–H and O–H groups in total. The predicted octanol–water partition coefficient (Wildman–Crippen LogP) is 3.21. The van der Waals surface area contributed by atoms with Crippen LogP contribution < -0.4 is 13.9 Å². The van der Waals surface area contributed by atoms with E-state index >= 15 is 0 Å². The highest BCUT2D eigenvalue weighted by Gasteiger charge is 2.19. The van der Waals surface area contributed by atoms with Crippen molar-refractivity contribution >= 4 is 45.3 Å². The molecule has 0 saturated carbocycles. The number of para-hydroxylation sites is 2. The van der Waals surface area contributed by atoms with E-state index in [9.17, 15) is 10.1 Å². The van der Waals surface area contributed by atoms with Gasteiger partial charge in [-0.15, -0.1) is 0 Å². The topological polar surface area (TPSA) is 69.4 Å². The van der Waals surface area contributed by atoms with Crippen molar-refractivity contribution < 1.29 is 13.9 Å². The predicted molar refractivity (Wildman–Crippen MR) is 84.3 cm³/mol. The van der Waals surface area contributed by atoms with Gasteiger partial charge < -0.3 is 19.4 Å². The summed E-state index contributed by atoms with van der Waals surface area (Å²) in [5.74, 6) is 0.478. The van der Waals surface area contributed by atoms with E-state index in [4.69, 9.17) is 32.7 Å². The lowest BCUT2D eigenvalue weighted by Gasteiger charge is -2.16. The molecule has 0 aliphatic heterocycles. The lowest BCUT2D eigenvalue weighted by molar-refractivity contribution is -0.432. The number of alkyl halides is 2. The Morgan fingerprint density at radius 3 is 2.32 bits per heavy atom. The Balaban J connectivity index is 2.42. The van der Waals surface area contributed by atoms with E-state index in [-0.39, 0.29) is 45.7 Å². The normalized spacial score (nSPS) is 11.0. The van der Waals surface area contributed by atoms with Crippen molar-refractivity contribution in [1.29, 1.82) is 0 Å². The first-order chi connectivity index (χ1) is 10.7. The third-order valence-corrected chi connectivity index (χ3v) is 3.44. The standard InChI is InChI=1S/C14H10Cl2N2O4/c15-7-21-13-5-11-12(6-14(13)22-8-16)18(20)10-4-2-1-3-9(10)17(11)19/h1-6H,7-8H2. The quantitative estimate of drug-likeness (QED) is 0.415. The van der Waals surface area contributed by atoms with Crippen LogP contribution in [0.4, 0.5) is 0 Å². The molecule has 0 aliphatic rings. The van der Waals surface area contributed by atoms with E-state index in [0.29, 0.717) is 9.16 Å². The van der Waals surface area contributed by atoms with Gasteiger partial charge in [0.15, 0.2) is 23.6 Å². The molecule has 0 amide bonds. The second-order valence-electron chi connectivity index (χ2n) is 4.37. The summed E-state index contributed by atoms with van der Waals surface area (Å²) in [6.07, 6.45) is 0. The van der Waals surface area contributed by atoms with Gasteiger partial charge in [-0.1, -0.05) is 35.3 Å². The number of hydrogen-bond donors (Lipinski definition) is 0. The van der Waals surface area contributed by atoms with Crippen molar-refractivity contribution in [3.05, 3.63) is 46.5 Å². The van der Waals surface area contributed by atoms with Crippen molar-refractivity contribution in [2.75, 3.05) is 12.1 Å². The maximum absolute atomic E-state index is 12.5. The first-order valence-corrected chi connectivity index (χ1v) is 7.33. The van der Waals surface area contributed by atoms with Crippen molar-refractivity contribution in [1.82, 2.24) is 4.73 Å². The van der Waals surface area contributed by atoms with Gasteiger partial charge >= 0.3 is 0 Å². The minimum Gasteiger partial charge on any atom is -0.805 e. The largest absolute Gasteiger partial charge is 0.805 e. The molecule has 0 aliphatic carbocycles. The summed E-state index contributed by atoms with van der Waals surface area (Å²) in [4.78, 5) is 12.5. The zero-order chi connectivity index (χ0) is 15.7. The minimum atomic E-state index is -0.131. The first-order valence-electron chi connectivity index (χ1n) is 6.26. The number of halogens is 2. The number of nitrogens with zero attached hydrogens (tertiary/aromatic N) is 2. The molecule has 3 aromatic rings. The van der Waals surface area contributed by atoms with Crippen molar-refractivity contribution in [2.45, 2.75) is 0 Å². The molecule has 0 saturated heterocycles. The third-order valence-electron chi connectivity index (χ3n) is 3.22. The number of hydrogen-bond acceptors (Lipinski definition) is 4. The van der Waals surface area contributed by atoms with Crippen LogP contribution in [-0.4, -0.2) is 16.9 Å². The van der Waals surface area contributed by atoms with Gasteiger partial charge in [-0.2, -0.15) is 0 Å². The molecule has 2 aromatic carbocycles. The number of benzene rings is 2. The van der Waals surface area contributed by atoms with E-state index in [2.05, 4.69) is 0 Å². The lowest BCUT2D eigenvalue weighted by atomic mass is 10.2. The fourth-order valence-corrected chi connectivity index (χ4v) is 2.51. The maximum atomic E-state index is 12.5. The van der Waals surface area contributed by atoms with Crippen LogP contribution >= 0.6 is 23.2 Å². The van der Waals surface area contributed by atoms with Crippen molar-refractivity contribution in [3.8, 4) is 11.5 Å². The van der Waals surface area contributed by atoms with E-state index in [1.54, 1.807) is 24.3 Å². The summed E-state index contributed by atoms with van der Waals surface area (Å²) < 4.78 is 11.8. The summed E-state index contributed by atoms with van der Waals surface area (Å²) >= 11 is 11.1. The van der Waals surface area contributed by atoms with Crippen LogP contribution in [0.1, 0.15) is 0 Å². The summed E-state index contributed by atoms with van der Waals surface area (Å²) in [6.45, 7) is 0. The monoisotopic (exact) mass is 340 g/mol. The number of rotatable bonds is 4. The van der Waals surface area contributed by atoms with Crippen molar-refractivity contribution in [2.24, 2.45) is 0 Å². The van der Waals surface area contributed by atoms with Gasteiger partial charge in [0.1, 0.15) is 11.0 Å². The second kappa shape index (κ2) is 5.90. The molecule has 0 atom stereocenters. The number of fused-ring (bicyclic) bond motifs is 2. The van der Waals surface area contributed by atoms with Gasteiger partial charge in [-0.05, 0) is 6.07 Å². The van der Waals surface area contributed by atoms with E-state index in [1.165, 1.54) is 12.1 Å². The number of aromatic nitrogens is 2. The molecular weight excluding hydrogens is 331 g/mol. The molecule has 1 aromatic heterocycles. The number of ether oxygens (including phenoxy) is 2. The van der Waals surface area contributed by atoms with Crippen LogP contribution in [0.5, 0.6) is 11.5 Å². The summed E-state index contributed by atoms with van der Waals surface area (Å²) in [7, 11) is 0. The molecule has 0 unspecified atom stereocenters. The van der Waals surface area contributed by atoms with Gasteiger partial charge in [0, 0.05) is 17.0 Å². The van der Waals surface area contributed by atoms with Crippen LogP contribution in [-0.2, 0) is 0 Å². The average molecular weight is 341 g/mol. The van der Waals surface area contributed by atoms with Gasteiger partial charge in [0.25, 0.3) is 11.0 Å². The molecule has 0 spiro atoms. The van der Waals surface area contributed by atoms with Gasteiger partial charge in [0.05, 0.1) is 10.5 Å². The van der Waals surface area contributed by atoms with Gasteiger partial charge in [-0.25, -0.2) is 0 Å². The molecule has 0 radical (unpaired) electrons. The second-order valence-corrected chi connectivity index (χ2v) is 4.81. The highest BCUT2D eigenvalue weighted by atomic mass is 35.5. The Bertz CT molecular complexity index is 911. The zero-order valence-corrected chi connectivity index (χ0v) is 12.7. The molecule has 8 heteroatoms. The van der Waals surface area contributed by atoms with Crippen molar-refractivity contribution in [3.63, 3.8) is 0 Å². The van der Waals surface area contributed by atoms with Crippen LogP contribution in [0.15, 0.2) is 36.4 Å². The first kappa shape index (κ1) is 14.7. The van der Waals surface area contributed by atoms with Gasteiger partial charge in [-0.3, -0.25) is 0 Å². The molecule has 6 nitrogen and oxygen atoms in total. The molecule has 1 heterocycles. The van der Waals surface area contributed by atoms with E-state index in [1.807, 2.05) is 0 Å². The SMILES string of the molecule is O=[n+]1c2ccccc2n([O-])c2cc(OCCl)c(OCCl)cc21. The minimum absolute atomic E-state index is 0.131. The summed E-state index contributed by atoms with van der Waals surface area (Å²) in [5.41, 5.74) is 0.812. The average Bonchev–Trinajstić information content (AvgIpc) is 2.54. The van der Waals surface area contributed by atoms with E-state index < -0.39 is 0 Å². The summed E-state index contributed by atoms with van der Waals surface area (Å²) in [6, 6.07) is 9.07. The Morgan fingerprint density at radius 2 is 1.64 bits per heavy atom. The molecule has 22 heavy (non-hydrogen) atoms. The molecule has 114 valence electrons. The summed E-state index contributed by atoms with van der Waals surface area (Å²) in [5, 5.41) is 12.5. The molecular formula is C14H10Cl2N2O4. The Labute approximate surface area is 134 Å². The Hall–Kier alpha value is -2.18. The maximum Gasteiger partial charge on any atom is 0.290 e. The van der Waals surface area contributed by atoms with Gasteiger partial charge in [0.2, 0.25) is 0 Å². The fourth-order valence-electron chi connectivity index (χ4n) is 2.27. The Kier molecular flexibility index (Phi) is 3.96. The fraction of sp³-hybridized carbons (Fsp3) is 0.143. The molecule has 0 fully saturated rings. The lowest BCUT2D eigenvalue weighted by Crippen LogP contribution is -2.19. The van der Waals surface area contributed by atoms with Crippen LogP contribution in [0.2, 0.25) is 0 Å². The van der Waals surface area contributed by atoms with Crippen LogP contribution in [0, 0.1) is 10.1 Å². The molecule has 3 rings (SSSR count).